The fourth-order valence-electron chi connectivity index (χ4n) is 1.77. The number of β-lactam (4-membered cyclic amide) rings is 1. The average Bonchev–Trinajstić information content (AvgIpc) is 2.48. The molecule has 1 aromatic rings. The Bertz CT molecular complexity index is 563. The van der Waals surface area contributed by atoms with E-state index in [0.717, 1.165) is 0 Å². The Morgan fingerprint density at radius 3 is 2.62 bits per heavy atom. The normalized spacial score (nSPS) is 20.1. The van der Waals surface area contributed by atoms with Gasteiger partial charge in [-0.05, 0) is 17.7 Å². The first-order valence-electron chi connectivity index (χ1n) is 6.04. The summed E-state index contributed by atoms with van der Waals surface area (Å²) in [7, 11) is 0. The molecule has 0 aromatic heterocycles. The molecule has 2 rings (SSSR count). The molecule has 1 saturated heterocycles. The molecule has 1 heterocycles. The van der Waals surface area contributed by atoms with E-state index in [-0.39, 0.29) is 24.2 Å². The van der Waals surface area contributed by atoms with Crippen LogP contribution < -0.4 is 10.6 Å². The van der Waals surface area contributed by atoms with E-state index in [1.54, 1.807) is 0 Å². The average molecular weight is 405 g/mol. The topological polar surface area (TPSA) is 111 Å². The van der Waals surface area contributed by atoms with Crippen LogP contribution in [0.25, 0.3) is 0 Å². The molecule has 1 fully saturated rings. The van der Waals surface area contributed by atoms with E-state index in [0.29, 0.717) is 9.99 Å². The van der Waals surface area contributed by atoms with E-state index in [1.807, 2.05) is 0 Å². The van der Waals surface area contributed by atoms with Crippen molar-refractivity contribution in [1.82, 2.24) is 10.6 Å². The molecule has 21 heavy (non-hydrogen) atoms. The van der Waals surface area contributed by atoms with Crippen molar-refractivity contribution in [2.45, 2.75) is 18.7 Å². The van der Waals surface area contributed by atoms with Gasteiger partial charge in [-0.25, -0.2) is 4.79 Å². The summed E-state index contributed by atoms with van der Waals surface area (Å²) in [5.41, 5.74) is 0.596. The molecule has 8 nitrogen and oxygen atoms in total. The maximum absolute atomic E-state index is 11.6. The van der Waals surface area contributed by atoms with Crippen LogP contribution in [-0.4, -0.2) is 33.4 Å². The number of carbonyl (C=O) groups is 2. The van der Waals surface area contributed by atoms with Gasteiger partial charge in [0.2, 0.25) is 5.91 Å². The van der Waals surface area contributed by atoms with Crippen LogP contribution in [0.5, 0.6) is 0 Å². The number of benzene rings is 1. The quantitative estimate of drug-likeness (QED) is 0.251. The molecular weight excluding hydrogens is 393 g/mol. The lowest BCUT2D eigenvalue weighted by Gasteiger charge is -2.35. The minimum atomic E-state index is -0.692. The molecule has 0 bridgehead atoms. The molecule has 112 valence electrons. The van der Waals surface area contributed by atoms with Crippen LogP contribution in [0, 0.1) is 10.1 Å². The summed E-state index contributed by atoms with van der Waals surface area (Å²) in [5, 5.41) is 15.6. The summed E-state index contributed by atoms with van der Waals surface area (Å²) < 4.78 is 5.66. The highest BCUT2D eigenvalue weighted by molar-refractivity contribution is 14.1. The SMILES string of the molecule is O=C(N[C@@H]1C(=O)N[C@@H]1CI)OCc1ccc([N+](=O)[O-])cc1. The number of alkyl carbamates (subject to hydrolysis) is 1. The van der Waals surface area contributed by atoms with Gasteiger partial charge in [-0.15, -0.1) is 0 Å². The Morgan fingerprint density at radius 1 is 1.43 bits per heavy atom. The number of nitro groups is 1. The zero-order valence-corrected chi connectivity index (χ0v) is 12.9. The smallest absolute Gasteiger partial charge is 0.408 e. The van der Waals surface area contributed by atoms with Crippen molar-refractivity contribution in [3.8, 4) is 0 Å². The Labute approximate surface area is 133 Å². The van der Waals surface area contributed by atoms with Crippen molar-refractivity contribution in [3.05, 3.63) is 39.9 Å². The summed E-state index contributed by atoms with van der Waals surface area (Å²) in [5.74, 6) is -0.232. The highest BCUT2D eigenvalue weighted by Crippen LogP contribution is 2.13. The van der Waals surface area contributed by atoms with Crippen molar-refractivity contribution in [3.63, 3.8) is 0 Å². The third-order valence-electron chi connectivity index (χ3n) is 2.97. The van der Waals surface area contributed by atoms with Crippen LogP contribution in [-0.2, 0) is 16.1 Å². The predicted molar refractivity (Wildman–Crippen MR) is 81.0 cm³/mol. The Balaban J connectivity index is 1.81. The maximum atomic E-state index is 11.6. The Morgan fingerprint density at radius 2 is 2.10 bits per heavy atom. The van der Waals surface area contributed by atoms with Crippen LogP contribution in [0.3, 0.4) is 0 Å². The predicted octanol–water partition coefficient (Wildman–Crippen LogP) is 1.12. The van der Waals surface area contributed by atoms with Gasteiger partial charge in [0.05, 0.1) is 11.0 Å². The second kappa shape index (κ2) is 6.70. The fourth-order valence-corrected chi connectivity index (χ4v) is 2.50. The van der Waals surface area contributed by atoms with Gasteiger partial charge in [-0.1, -0.05) is 22.6 Å². The first-order chi connectivity index (χ1) is 10.0. The van der Waals surface area contributed by atoms with Gasteiger partial charge in [0.25, 0.3) is 5.69 Å². The highest BCUT2D eigenvalue weighted by atomic mass is 127. The number of amides is 2. The molecule has 1 aliphatic rings. The first-order valence-corrected chi connectivity index (χ1v) is 7.57. The number of carbonyl (C=O) groups excluding carboxylic acids is 2. The van der Waals surface area contributed by atoms with Crippen LogP contribution in [0.2, 0.25) is 0 Å². The summed E-state index contributed by atoms with van der Waals surface area (Å²) >= 11 is 2.11. The number of hydrogen-bond acceptors (Lipinski definition) is 5. The second-order valence-electron chi connectivity index (χ2n) is 4.39. The molecule has 2 N–H and O–H groups in total. The van der Waals surface area contributed by atoms with E-state index in [4.69, 9.17) is 4.74 Å². The lowest BCUT2D eigenvalue weighted by atomic mass is 10.0. The lowest BCUT2D eigenvalue weighted by molar-refractivity contribution is -0.384. The maximum Gasteiger partial charge on any atom is 0.408 e. The van der Waals surface area contributed by atoms with Gasteiger partial charge in [0.15, 0.2) is 0 Å². The largest absolute Gasteiger partial charge is 0.445 e. The Hall–Kier alpha value is -1.91. The summed E-state index contributed by atoms with van der Waals surface area (Å²) in [6.45, 7) is -0.0208. The van der Waals surface area contributed by atoms with Crippen molar-refractivity contribution >= 4 is 40.3 Å². The summed E-state index contributed by atoms with van der Waals surface area (Å²) in [6, 6.07) is 5.05. The van der Waals surface area contributed by atoms with E-state index in [2.05, 4.69) is 33.2 Å². The molecule has 2 atom stereocenters. The molecule has 0 aliphatic carbocycles. The van der Waals surface area contributed by atoms with Crippen molar-refractivity contribution < 1.29 is 19.2 Å². The summed E-state index contributed by atoms with van der Waals surface area (Å²) in [4.78, 5) is 32.8. The van der Waals surface area contributed by atoms with Gasteiger partial charge in [-0.3, -0.25) is 14.9 Å². The van der Waals surface area contributed by atoms with Gasteiger partial charge >= 0.3 is 6.09 Å². The molecule has 1 aliphatic heterocycles. The van der Waals surface area contributed by atoms with Crippen molar-refractivity contribution in [2.24, 2.45) is 0 Å². The molecule has 9 heteroatoms. The first kappa shape index (κ1) is 15.5. The number of nitro benzene ring substituents is 1. The number of non-ortho nitro benzene ring substituents is 1. The lowest BCUT2D eigenvalue weighted by Crippen LogP contribution is -2.69. The number of ether oxygens (including phenoxy) is 1. The van der Waals surface area contributed by atoms with Crippen molar-refractivity contribution in [2.75, 3.05) is 4.43 Å². The standard InChI is InChI=1S/C12H12IN3O5/c13-5-9-10(11(17)14-9)15-12(18)21-6-7-1-3-8(4-2-7)16(19)20/h1-4,9-10H,5-6H2,(H,14,17)(H,15,18)/t9-,10+/m1/s1. The van der Waals surface area contributed by atoms with Crippen LogP contribution in [0.1, 0.15) is 5.56 Å². The molecule has 1 aromatic carbocycles. The minimum absolute atomic E-state index is 0.0208. The number of alkyl halides is 1. The van der Waals surface area contributed by atoms with Crippen LogP contribution in [0.15, 0.2) is 24.3 Å². The molecule has 0 radical (unpaired) electrons. The van der Waals surface area contributed by atoms with Gasteiger partial charge in [0, 0.05) is 16.6 Å². The third kappa shape index (κ3) is 3.80. The number of nitrogens with zero attached hydrogens (tertiary/aromatic N) is 1. The van der Waals surface area contributed by atoms with Crippen LogP contribution in [0.4, 0.5) is 10.5 Å². The molecular formula is C12H12IN3O5. The van der Waals surface area contributed by atoms with E-state index < -0.39 is 17.1 Å². The molecule has 0 saturated carbocycles. The second-order valence-corrected chi connectivity index (χ2v) is 5.27. The Kier molecular flexibility index (Phi) is 4.94. The monoisotopic (exact) mass is 405 g/mol. The summed E-state index contributed by atoms with van der Waals surface area (Å²) in [6.07, 6.45) is -0.692. The van der Waals surface area contributed by atoms with Crippen LogP contribution >= 0.6 is 22.6 Å². The van der Waals surface area contributed by atoms with Crippen molar-refractivity contribution in [1.29, 1.82) is 0 Å². The minimum Gasteiger partial charge on any atom is -0.445 e. The number of nitrogens with one attached hydrogen (secondary N) is 2. The number of hydrogen-bond donors (Lipinski definition) is 2. The molecule has 0 unspecified atom stereocenters. The van der Waals surface area contributed by atoms with E-state index in [1.165, 1.54) is 24.3 Å². The van der Waals surface area contributed by atoms with Gasteiger partial charge in [0.1, 0.15) is 12.6 Å². The number of rotatable bonds is 5. The molecule has 0 spiro atoms. The molecule has 2 amide bonds. The zero-order chi connectivity index (χ0) is 15.4. The number of halogens is 1. The highest BCUT2D eigenvalue weighted by Gasteiger charge is 2.39. The zero-order valence-electron chi connectivity index (χ0n) is 10.7. The third-order valence-corrected chi connectivity index (χ3v) is 3.92. The van der Waals surface area contributed by atoms with E-state index in [9.17, 15) is 19.7 Å². The fraction of sp³-hybridized carbons (Fsp3) is 0.333. The van der Waals surface area contributed by atoms with E-state index >= 15 is 0 Å². The van der Waals surface area contributed by atoms with Gasteiger partial charge in [-0.2, -0.15) is 0 Å². The van der Waals surface area contributed by atoms with Gasteiger partial charge < -0.3 is 15.4 Å².